The molecule has 0 aliphatic rings. The van der Waals surface area contributed by atoms with Gasteiger partial charge in [0, 0.05) is 17.6 Å². The van der Waals surface area contributed by atoms with E-state index in [0.717, 1.165) is 5.69 Å². The molecule has 0 saturated heterocycles. The summed E-state index contributed by atoms with van der Waals surface area (Å²) in [5.74, 6) is 1.23. The summed E-state index contributed by atoms with van der Waals surface area (Å²) in [4.78, 5) is 13.7. The van der Waals surface area contributed by atoms with E-state index in [1.807, 2.05) is 0 Å². The minimum absolute atomic E-state index is 0.188. The smallest absolute Gasteiger partial charge is 0.251 e. The zero-order valence-electron chi connectivity index (χ0n) is 8.33. The van der Waals surface area contributed by atoms with Crippen LogP contribution in [-0.2, 0) is 5.75 Å². The van der Waals surface area contributed by atoms with Crippen LogP contribution >= 0.6 is 11.8 Å². The number of nitrogens with two attached hydrogens (primary N) is 1. The Balaban J connectivity index is 2.09. The Hall–Kier alpha value is -1.77. The molecule has 0 amide bonds. The molecule has 16 heavy (non-hydrogen) atoms. The van der Waals surface area contributed by atoms with Gasteiger partial charge in [-0.1, -0.05) is 10.6 Å². The lowest BCUT2D eigenvalue weighted by molar-refractivity contribution is -0.525. The van der Waals surface area contributed by atoms with E-state index in [0.29, 0.717) is 18.1 Å². The fourth-order valence-electron chi connectivity index (χ4n) is 0.848. The molecule has 0 radical (unpaired) electrons. The second kappa shape index (κ2) is 6.67. The van der Waals surface area contributed by atoms with Crippen LogP contribution in [0.4, 0.5) is 0 Å². The van der Waals surface area contributed by atoms with E-state index >= 15 is 0 Å². The molecule has 0 atom stereocenters. The Bertz CT molecular complexity index is 353. The molecule has 1 rings (SSSR count). The molecule has 9 heteroatoms. The van der Waals surface area contributed by atoms with Gasteiger partial charge in [-0.3, -0.25) is 0 Å². The second-order valence-corrected chi connectivity index (χ2v) is 3.78. The third-order valence-electron chi connectivity index (χ3n) is 1.46. The van der Waals surface area contributed by atoms with E-state index in [4.69, 9.17) is 5.73 Å². The molecule has 0 aromatic carbocycles. The minimum atomic E-state index is -0.749. The van der Waals surface area contributed by atoms with Crippen molar-refractivity contribution in [2.75, 3.05) is 12.3 Å². The van der Waals surface area contributed by atoms with Crippen molar-refractivity contribution >= 4 is 17.7 Å². The SMILES string of the molecule is NC(=NCCSCc1ccon1)N[N+](=O)[O-]. The summed E-state index contributed by atoms with van der Waals surface area (Å²) in [6.45, 7) is 0.412. The molecule has 88 valence electrons. The third-order valence-corrected chi connectivity index (χ3v) is 2.44. The number of hydrazine groups is 1. The maximum absolute atomic E-state index is 9.96. The quantitative estimate of drug-likeness (QED) is 0.238. The Kier molecular flexibility index (Phi) is 5.12. The van der Waals surface area contributed by atoms with Crippen molar-refractivity contribution in [3.05, 3.63) is 28.1 Å². The van der Waals surface area contributed by atoms with Gasteiger partial charge in [0.05, 0.1) is 12.2 Å². The molecule has 0 saturated carbocycles. The third kappa shape index (κ3) is 5.20. The number of hydrogen-bond acceptors (Lipinski definition) is 6. The van der Waals surface area contributed by atoms with Gasteiger partial charge in [-0.25, -0.2) is 15.1 Å². The molecule has 0 aliphatic heterocycles. The Morgan fingerprint density at radius 2 is 2.62 bits per heavy atom. The number of hydrogen-bond donors (Lipinski definition) is 2. The molecule has 0 spiro atoms. The van der Waals surface area contributed by atoms with Crippen molar-refractivity contribution in [2.24, 2.45) is 10.7 Å². The summed E-state index contributed by atoms with van der Waals surface area (Å²) in [6.07, 6.45) is 1.51. The highest BCUT2D eigenvalue weighted by Gasteiger charge is 1.99. The maximum atomic E-state index is 9.96. The van der Waals surface area contributed by atoms with Crippen LogP contribution in [0.15, 0.2) is 21.8 Å². The summed E-state index contributed by atoms with van der Waals surface area (Å²) >= 11 is 1.59. The van der Waals surface area contributed by atoms with Crippen LogP contribution in [0.25, 0.3) is 0 Å². The van der Waals surface area contributed by atoms with Gasteiger partial charge in [-0.2, -0.15) is 11.8 Å². The van der Waals surface area contributed by atoms with Crippen LogP contribution in [0, 0.1) is 10.1 Å². The zero-order valence-corrected chi connectivity index (χ0v) is 9.14. The van der Waals surface area contributed by atoms with Gasteiger partial charge in [0.2, 0.25) is 0 Å². The van der Waals surface area contributed by atoms with Crippen LogP contribution < -0.4 is 11.2 Å². The molecule has 0 bridgehead atoms. The van der Waals surface area contributed by atoms with E-state index in [1.165, 1.54) is 6.26 Å². The van der Waals surface area contributed by atoms with Gasteiger partial charge in [0.15, 0.2) is 5.03 Å². The van der Waals surface area contributed by atoms with E-state index in [2.05, 4.69) is 14.7 Å². The highest BCUT2D eigenvalue weighted by molar-refractivity contribution is 7.98. The lowest BCUT2D eigenvalue weighted by atomic mass is 10.5. The highest BCUT2D eigenvalue weighted by Crippen LogP contribution is 2.09. The second-order valence-electron chi connectivity index (χ2n) is 2.68. The van der Waals surface area contributed by atoms with Gasteiger partial charge in [0.1, 0.15) is 6.26 Å². The first-order chi connectivity index (χ1) is 7.68. The van der Waals surface area contributed by atoms with Crippen LogP contribution in [0.2, 0.25) is 0 Å². The first kappa shape index (κ1) is 12.3. The van der Waals surface area contributed by atoms with Crippen molar-refractivity contribution in [1.29, 1.82) is 0 Å². The Morgan fingerprint density at radius 1 is 1.81 bits per heavy atom. The average molecular weight is 245 g/mol. The predicted molar refractivity (Wildman–Crippen MR) is 59.3 cm³/mol. The summed E-state index contributed by atoms with van der Waals surface area (Å²) in [5.41, 5.74) is 7.82. The fourth-order valence-corrected chi connectivity index (χ4v) is 1.57. The molecule has 0 unspecified atom stereocenters. The molecule has 0 aliphatic carbocycles. The first-order valence-electron chi connectivity index (χ1n) is 4.36. The van der Waals surface area contributed by atoms with Gasteiger partial charge in [-0.05, 0) is 0 Å². The van der Waals surface area contributed by atoms with Gasteiger partial charge >= 0.3 is 0 Å². The number of aromatic nitrogens is 1. The minimum Gasteiger partial charge on any atom is -0.365 e. The van der Waals surface area contributed by atoms with Crippen molar-refractivity contribution in [3.8, 4) is 0 Å². The zero-order chi connectivity index (χ0) is 11.8. The normalized spacial score (nSPS) is 11.4. The summed E-state index contributed by atoms with van der Waals surface area (Å²) in [7, 11) is 0. The number of nitro groups is 1. The van der Waals surface area contributed by atoms with Crippen molar-refractivity contribution < 1.29 is 9.56 Å². The number of rotatable bonds is 6. The maximum Gasteiger partial charge on any atom is 0.251 e. The van der Waals surface area contributed by atoms with Crippen LogP contribution in [-0.4, -0.2) is 28.4 Å². The predicted octanol–water partition coefficient (Wildman–Crippen LogP) is 0.00380. The highest BCUT2D eigenvalue weighted by atomic mass is 32.2. The van der Waals surface area contributed by atoms with Crippen LogP contribution in [0.1, 0.15) is 5.69 Å². The molecule has 0 fully saturated rings. The number of guanidine groups is 1. The molecule has 3 N–H and O–H groups in total. The summed E-state index contributed by atoms with van der Waals surface area (Å²) in [6, 6.07) is 1.78. The van der Waals surface area contributed by atoms with E-state index in [-0.39, 0.29) is 5.96 Å². The summed E-state index contributed by atoms with van der Waals surface area (Å²) in [5, 5.41) is 12.9. The molecule has 1 heterocycles. The first-order valence-corrected chi connectivity index (χ1v) is 5.52. The summed E-state index contributed by atoms with van der Waals surface area (Å²) < 4.78 is 4.66. The topological polar surface area (TPSA) is 120 Å². The largest absolute Gasteiger partial charge is 0.365 e. The number of nitrogens with zero attached hydrogens (tertiary/aromatic N) is 3. The number of thioether (sulfide) groups is 1. The lowest BCUT2D eigenvalue weighted by Crippen LogP contribution is -2.36. The van der Waals surface area contributed by atoms with Crippen molar-refractivity contribution in [3.63, 3.8) is 0 Å². The lowest BCUT2D eigenvalue weighted by Gasteiger charge is -1.97. The van der Waals surface area contributed by atoms with E-state index in [9.17, 15) is 10.1 Å². The number of nitrogens with one attached hydrogen (secondary N) is 1. The molecular formula is C7H11N5O3S. The van der Waals surface area contributed by atoms with Gasteiger partial charge in [-0.15, -0.1) is 0 Å². The standard InChI is InChI=1S/C7H11N5O3S/c8-7(10-12(13)14)9-2-4-16-5-6-1-3-15-11-6/h1,3H,2,4-5H2,(H3,8,9,10). The monoisotopic (exact) mass is 245 g/mol. The Morgan fingerprint density at radius 3 is 3.25 bits per heavy atom. The van der Waals surface area contributed by atoms with E-state index in [1.54, 1.807) is 23.3 Å². The number of aliphatic imine (C=N–C) groups is 1. The molecule has 8 nitrogen and oxygen atoms in total. The van der Waals surface area contributed by atoms with Crippen molar-refractivity contribution in [1.82, 2.24) is 10.6 Å². The average Bonchev–Trinajstić information content (AvgIpc) is 2.68. The molecule has 1 aromatic heterocycles. The van der Waals surface area contributed by atoms with E-state index < -0.39 is 5.03 Å². The van der Waals surface area contributed by atoms with Crippen molar-refractivity contribution in [2.45, 2.75) is 5.75 Å². The van der Waals surface area contributed by atoms with Crippen LogP contribution in [0.3, 0.4) is 0 Å². The Labute approximate surface area is 95.4 Å². The van der Waals surface area contributed by atoms with Gasteiger partial charge < -0.3 is 10.3 Å². The van der Waals surface area contributed by atoms with Crippen LogP contribution in [0.5, 0.6) is 0 Å². The fraction of sp³-hybridized carbons (Fsp3) is 0.429. The molecular weight excluding hydrogens is 234 g/mol. The molecule has 1 aromatic rings. The van der Waals surface area contributed by atoms with Gasteiger partial charge in [0.25, 0.3) is 5.96 Å².